The first-order valence-electron chi connectivity index (χ1n) is 8.69. The second kappa shape index (κ2) is 7.41. The fourth-order valence-electron chi connectivity index (χ4n) is 3.36. The summed E-state index contributed by atoms with van der Waals surface area (Å²) in [5.74, 6) is -7.78. The molecule has 2 amide bonds. The van der Waals surface area contributed by atoms with Gasteiger partial charge in [0.1, 0.15) is 29.9 Å². The quantitative estimate of drug-likeness (QED) is 0.192. The number of thioether (sulfide) groups is 1. The van der Waals surface area contributed by atoms with Gasteiger partial charge in [0.15, 0.2) is 0 Å². The van der Waals surface area contributed by atoms with Crippen LogP contribution in [0.1, 0.15) is 13.8 Å². The number of ether oxygens (including phenoxy) is 1. The Morgan fingerprint density at radius 3 is 2.28 bits per heavy atom. The highest BCUT2D eigenvalue weighted by molar-refractivity contribution is 7.99. The molecule has 0 aromatic heterocycles. The van der Waals surface area contributed by atoms with Crippen molar-refractivity contribution in [1.29, 1.82) is 0 Å². The topological polar surface area (TPSA) is 183 Å². The third-order valence-electron chi connectivity index (χ3n) is 5.09. The summed E-state index contributed by atoms with van der Waals surface area (Å²) in [6.07, 6.45) is -4.09. The smallest absolute Gasteiger partial charge is 0.338 e. The second-order valence-corrected chi connectivity index (χ2v) is 8.18. The van der Waals surface area contributed by atoms with E-state index in [4.69, 9.17) is 9.57 Å². The molecule has 3 heterocycles. The summed E-state index contributed by atoms with van der Waals surface area (Å²) < 4.78 is 5.64. The molecule has 0 aromatic rings. The Balaban J connectivity index is 1.84. The molecule has 0 bridgehead atoms. The molecule has 0 saturated carbocycles. The number of nitrogens with one attached hydrogen (secondary N) is 1. The monoisotopic (exact) mass is 432 g/mol. The fraction of sp³-hybridized carbons (Fsp3) is 0.688. The van der Waals surface area contributed by atoms with E-state index in [-0.39, 0.29) is 5.06 Å². The molecule has 160 valence electrons. The van der Waals surface area contributed by atoms with Crippen molar-refractivity contribution in [1.82, 2.24) is 10.4 Å². The lowest BCUT2D eigenvalue weighted by atomic mass is 9.88. The van der Waals surface area contributed by atoms with Gasteiger partial charge in [-0.3, -0.25) is 24.0 Å². The molecule has 3 aliphatic rings. The Morgan fingerprint density at radius 2 is 1.72 bits per heavy atom. The minimum Gasteiger partial charge on any atom is -0.388 e. The van der Waals surface area contributed by atoms with Crippen LogP contribution in [-0.2, 0) is 33.5 Å². The zero-order chi connectivity index (χ0) is 21.8. The number of carbonyl (C=O) groups excluding carboxylic acids is 5. The molecule has 2 unspecified atom stereocenters. The maximum absolute atomic E-state index is 12.8. The first-order chi connectivity index (χ1) is 13.5. The summed E-state index contributed by atoms with van der Waals surface area (Å²) in [7, 11) is 0. The summed E-state index contributed by atoms with van der Waals surface area (Å²) in [6.45, 7) is 3.30. The molecule has 3 fully saturated rings. The summed E-state index contributed by atoms with van der Waals surface area (Å²) in [4.78, 5) is 64.5. The highest BCUT2D eigenvalue weighted by Crippen LogP contribution is 2.40. The van der Waals surface area contributed by atoms with Crippen molar-refractivity contribution in [2.24, 2.45) is 5.92 Å². The lowest BCUT2D eigenvalue weighted by molar-refractivity contribution is -0.208. The van der Waals surface area contributed by atoms with Crippen molar-refractivity contribution < 1.29 is 48.9 Å². The van der Waals surface area contributed by atoms with Gasteiger partial charge in [-0.2, -0.15) is 5.06 Å². The number of rotatable bonds is 5. The minimum atomic E-state index is -2.56. The highest BCUT2D eigenvalue weighted by Gasteiger charge is 2.77. The number of aliphatic hydroxyl groups excluding tert-OH is 3. The van der Waals surface area contributed by atoms with Gasteiger partial charge in [0.25, 0.3) is 23.3 Å². The Kier molecular flexibility index (Phi) is 5.57. The normalized spacial score (nSPS) is 38.2. The van der Waals surface area contributed by atoms with Gasteiger partial charge in [-0.15, -0.1) is 11.8 Å². The van der Waals surface area contributed by atoms with E-state index in [1.165, 1.54) is 0 Å². The van der Waals surface area contributed by atoms with E-state index in [0.29, 0.717) is 0 Å². The van der Waals surface area contributed by atoms with E-state index in [9.17, 15) is 39.3 Å². The van der Waals surface area contributed by atoms with Crippen LogP contribution in [0.2, 0.25) is 0 Å². The summed E-state index contributed by atoms with van der Waals surface area (Å²) >= 11 is 1.08. The van der Waals surface area contributed by atoms with Crippen LogP contribution in [0.5, 0.6) is 0 Å². The van der Waals surface area contributed by atoms with E-state index in [1.54, 1.807) is 20.1 Å². The number of fused-ring (bicyclic) bond motifs is 1. The molecule has 29 heavy (non-hydrogen) atoms. The van der Waals surface area contributed by atoms with Gasteiger partial charge in [-0.05, 0) is 12.2 Å². The van der Waals surface area contributed by atoms with E-state index >= 15 is 0 Å². The van der Waals surface area contributed by atoms with Crippen molar-refractivity contribution in [3.63, 3.8) is 0 Å². The van der Waals surface area contributed by atoms with Crippen molar-refractivity contribution in [2.45, 2.75) is 55.5 Å². The Morgan fingerprint density at radius 1 is 1.10 bits per heavy atom. The van der Waals surface area contributed by atoms with Crippen molar-refractivity contribution in [3.05, 3.63) is 0 Å². The van der Waals surface area contributed by atoms with Crippen LogP contribution in [0.25, 0.3) is 0 Å². The van der Waals surface area contributed by atoms with E-state index in [0.717, 1.165) is 11.8 Å². The van der Waals surface area contributed by atoms with Gasteiger partial charge in [0.2, 0.25) is 0 Å². The number of Topliss-reactive ketones (excluding diaryl/α,β-unsaturated/α-hetero) is 3. The van der Waals surface area contributed by atoms with Crippen molar-refractivity contribution in [2.75, 3.05) is 6.26 Å². The third-order valence-corrected chi connectivity index (χ3v) is 5.95. The zero-order valence-electron chi connectivity index (χ0n) is 15.6. The number of hydrogen-bond donors (Lipinski definition) is 4. The average molecular weight is 432 g/mol. The van der Waals surface area contributed by atoms with Crippen molar-refractivity contribution in [3.8, 4) is 0 Å². The number of aliphatic hydroxyl groups is 3. The maximum atomic E-state index is 12.8. The van der Waals surface area contributed by atoms with E-state index < -0.39 is 76.7 Å². The van der Waals surface area contributed by atoms with Crippen molar-refractivity contribution >= 4 is 40.9 Å². The maximum Gasteiger partial charge on any atom is 0.338 e. The van der Waals surface area contributed by atoms with Crippen LogP contribution in [0.3, 0.4) is 0 Å². The van der Waals surface area contributed by atoms with Gasteiger partial charge in [-0.1, -0.05) is 13.8 Å². The number of hydroxylamine groups is 2. The van der Waals surface area contributed by atoms with Gasteiger partial charge < -0.3 is 25.4 Å². The Labute approximate surface area is 168 Å². The predicted molar refractivity (Wildman–Crippen MR) is 92.6 cm³/mol. The average Bonchev–Trinajstić information content (AvgIpc) is 3.45. The van der Waals surface area contributed by atoms with Gasteiger partial charge in [0, 0.05) is 0 Å². The lowest BCUT2D eigenvalue weighted by Gasteiger charge is -2.44. The van der Waals surface area contributed by atoms with Crippen LogP contribution in [0, 0.1) is 5.92 Å². The number of piperidine rings is 1. The zero-order valence-corrected chi connectivity index (χ0v) is 16.4. The van der Waals surface area contributed by atoms with Crippen LogP contribution < -0.4 is 5.32 Å². The molecule has 0 aliphatic carbocycles. The number of ketones is 3. The van der Waals surface area contributed by atoms with Gasteiger partial charge in [0.05, 0.1) is 6.04 Å². The van der Waals surface area contributed by atoms with Gasteiger partial charge >= 0.3 is 11.6 Å². The van der Waals surface area contributed by atoms with Crippen LogP contribution in [-0.4, -0.2) is 97.4 Å². The molecule has 0 radical (unpaired) electrons. The number of carbonyl (C=O) groups is 5. The predicted octanol–water partition coefficient (Wildman–Crippen LogP) is -3.51. The molecule has 3 saturated heterocycles. The third kappa shape index (κ3) is 3.17. The Bertz CT molecular complexity index is 786. The molecule has 7 atom stereocenters. The van der Waals surface area contributed by atoms with Crippen LogP contribution in [0.15, 0.2) is 0 Å². The van der Waals surface area contributed by atoms with Crippen LogP contribution in [0.4, 0.5) is 0 Å². The minimum absolute atomic E-state index is 0.229. The van der Waals surface area contributed by atoms with Gasteiger partial charge in [-0.25, -0.2) is 4.84 Å². The molecule has 3 aliphatic heterocycles. The number of hydrogen-bond acceptors (Lipinski definition) is 11. The SMILES string of the molecule is CS[C@@H]1O[C@@H](C(NC(=O)C23ON2C(=O)C(=O)C(=O)C3=O)C(C)C)[C@@H](O)[C@@H](O)[C@@H]1O. The molecule has 0 spiro atoms. The number of amides is 2. The summed E-state index contributed by atoms with van der Waals surface area (Å²) in [6, 6.07) is -1.01. The standard InChI is InChI=1S/C16H20N2O10S/c1-4(2)5(11-7(20)6(19)10(23)14(27-11)29-3)17-15(26)16-12(24)8(21)9(22)13(25)18(16)28-16/h4-7,10-11,14,19-20,23H,1-3H3,(H,17,26)/t5?,6-,7+,10+,11+,14+,16?,18?/m1/s1. The summed E-state index contributed by atoms with van der Waals surface area (Å²) in [5, 5.41) is 33.1. The summed E-state index contributed by atoms with van der Waals surface area (Å²) in [5.41, 5.74) is -3.47. The first-order valence-corrected chi connectivity index (χ1v) is 9.98. The molecule has 4 N–H and O–H groups in total. The largest absolute Gasteiger partial charge is 0.388 e. The van der Waals surface area contributed by atoms with Crippen LogP contribution >= 0.6 is 11.8 Å². The molecule has 12 nitrogen and oxygen atoms in total. The first kappa shape index (κ1) is 21.8. The molecule has 3 rings (SSSR count). The molecule has 13 heteroatoms. The highest BCUT2D eigenvalue weighted by atomic mass is 32.2. The lowest BCUT2D eigenvalue weighted by Crippen LogP contribution is -2.66. The Hall–Kier alpha value is -1.90. The molecular weight excluding hydrogens is 412 g/mol. The molecule has 0 aromatic carbocycles. The fourth-order valence-corrected chi connectivity index (χ4v) is 4.03. The van der Waals surface area contributed by atoms with E-state index in [2.05, 4.69) is 5.32 Å². The molecular formula is C16H20N2O10S. The van der Waals surface area contributed by atoms with E-state index in [1.807, 2.05) is 0 Å². The second-order valence-electron chi connectivity index (χ2n) is 7.24. The number of nitrogens with zero attached hydrogens (tertiary/aromatic N) is 1.